The highest BCUT2D eigenvalue weighted by molar-refractivity contribution is 5.67. The van der Waals surface area contributed by atoms with Gasteiger partial charge in [-0.25, -0.2) is 36.5 Å². The Hall–Kier alpha value is -16.5. The van der Waals surface area contributed by atoms with Gasteiger partial charge in [0.15, 0.2) is 0 Å². The topological polar surface area (TPSA) is 200 Å². The molecule has 0 unspecified atom stereocenters. The van der Waals surface area contributed by atoms with Gasteiger partial charge in [0.2, 0.25) is 12.7 Å². The van der Waals surface area contributed by atoms with E-state index in [4.69, 9.17) is 0 Å². The molecule has 8 aromatic carbocycles. The predicted molar refractivity (Wildman–Crippen MR) is 525 cm³/mol. The molecular weight excluding hydrogens is 1630 g/mol. The van der Waals surface area contributed by atoms with Crippen molar-refractivity contribution in [1.82, 2.24) is 27.4 Å². The van der Waals surface area contributed by atoms with E-state index in [0.717, 1.165) is 192 Å². The average molecular weight is 1750 g/mol. The highest BCUT2D eigenvalue weighted by Crippen LogP contribution is 2.30. The molecule has 0 amide bonds. The number of rotatable bonds is 36. The van der Waals surface area contributed by atoms with Gasteiger partial charge in [-0.2, -0.15) is 0 Å². The van der Waals surface area contributed by atoms with Gasteiger partial charge in [0.25, 0.3) is 0 Å². The van der Waals surface area contributed by atoms with E-state index < -0.39 is 0 Å². The molecule has 0 aliphatic carbocycles. The van der Waals surface area contributed by atoms with Crippen LogP contribution in [0.1, 0.15) is 63.3 Å². The van der Waals surface area contributed by atoms with Crippen LogP contribution in [0.4, 0.5) is 91.5 Å². The lowest BCUT2D eigenvalue weighted by Crippen LogP contribution is -2.38. The monoisotopic (exact) mass is 1750 g/mol. The van der Waals surface area contributed by atoms with Crippen molar-refractivity contribution in [3.05, 3.63) is 425 Å². The maximum absolute atomic E-state index is 4.62. The molecule has 0 radical (unpaired) electrons. The molecule has 0 saturated carbocycles. The normalized spacial score (nSPS) is 11.3. The molecule has 0 atom stereocenters. The number of nitrogens with one attached hydrogen (secondary N) is 4. The third-order valence-corrected chi connectivity index (χ3v) is 22.4. The van der Waals surface area contributed by atoms with E-state index in [2.05, 4.69) is 328 Å². The SMILES string of the molecule is C.C.Cc1ccc(C)n1-c1ccc(Nc2ccc(N=Nc3cccc[n+]3CCCn3cc[n+](CCC[n+]4ccccc4N=Nc4ccc(Nc5ccc(-n6c(C)ccc6C)cc5)cc4)c3)cc2)cc1.c1cc[n+](CCCn2cc[n+](CCC[n+]3ccccc3N=Nc3ccc(Nc4ccc(-n5cccc5)cc4)cc3)c2)c(N=Nc2ccc(Nc3ccc(-n4cccc4)cc3)cc2)c1. The molecule has 18 aromatic rings. The van der Waals surface area contributed by atoms with Crippen molar-refractivity contribution in [2.75, 3.05) is 21.3 Å². The zero-order valence-electron chi connectivity index (χ0n) is 73.5. The summed E-state index contributed by atoms with van der Waals surface area (Å²) in [6, 6.07) is 107. The van der Waals surface area contributed by atoms with Crippen LogP contribution in [0.3, 0.4) is 0 Å². The predicted octanol–water partition coefficient (Wildman–Crippen LogP) is 25.4. The number of hydrogen-bond acceptors (Lipinski definition) is 12. The number of pyridine rings is 4. The third kappa shape index (κ3) is 24.6. The number of benzene rings is 8. The fourth-order valence-corrected chi connectivity index (χ4v) is 15.6. The van der Waals surface area contributed by atoms with Crippen LogP contribution in [0.2, 0.25) is 0 Å². The largest absolute Gasteiger partial charge is 0.356 e. The maximum Gasteiger partial charge on any atom is 0.350 e. The molecule has 0 spiro atoms. The summed E-state index contributed by atoms with van der Waals surface area (Å²) in [7, 11) is 0. The lowest BCUT2D eigenvalue weighted by Gasteiger charge is -2.11. The van der Waals surface area contributed by atoms with Crippen LogP contribution in [0.25, 0.3) is 22.7 Å². The molecular formula is C108H114N24+6. The zero-order chi connectivity index (χ0) is 88.4. The lowest BCUT2D eigenvalue weighted by atomic mass is 10.2. The number of aryl methyl sites for hydroxylation is 12. The summed E-state index contributed by atoms with van der Waals surface area (Å²) in [5.74, 6) is 3.28. The van der Waals surface area contributed by atoms with Crippen molar-refractivity contribution in [3.63, 3.8) is 0 Å². The summed E-state index contributed by atoms with van der Waals surface area (Å²) in [4.78, 5) is 0. The third-order valence-electron chi connectivity index (χ3n) is 22.4. The smallest absolute Gasteiger partial charge is 0.350 e. The minimum absolute atomic E-state index is 0. The first-order valence-electron chi connectivity index (χ1n) is 44.1. The number of aromatic nitrogens is 12. The fraction of sp³-hybridized carbons (Fsp3) is 0.167. The molecule has 660 valence electrons. The van der Waals surface area contributed by atoms with Crippen molar-refractivity contribution < 1.29 is 27.4 Å². The maximum atomic E-state index is 4.62. The quantitative estimate of drug-likeness (QED) is 0.0224. The molecule has 24 heteroatoms. The molecule has 0 bridgehead atoms. The molecule has 132 heavy (non-hydrogen) atoms. The lowest BCUT2D eigenvalue weighted by molar-refractivity contribution is -0.721. The van der Waals surface area contributed by atoms with Gasteiger partial charge in [0.1, 0.15) is 47.5 Å². The Bertz CT molecular complexity index is 6340. The average Bonchev–Trinajstić information content (AvgIpc) is 1.66. The van der Waals surface area contributed by atoms with E-state index in [1.807, 2.05) is 219 Å². The minimum Gasteiger partial charge on any atom is -0.356 e. The van der Waals surface area contributed by atoms with Crippen molar-refractivity contribution in [3.8, 4) is 22.7 Å². The molecule has 0 aliphatic rings. The Balaban J connectivity index is 0.000000199. The van der Waals surface area contributed by atoms with Gasteiger partial charge in [0.05, 0.1) is 97.6 Å². The number of anilines is 8. The van der Waals surface area contributed by atoms with Crippen LogP contribution in [0.15, 0.2) is 443 Å². The van der Waals surface area contributed by atoms with Crippen molar-refractivity contribution >= 4 is 91.5 Å². The van der Waals surface area contributed by atoms with E-state index in [9.17, 15) is 0 Å². The second kappa shape index (κ2) is 44.8. The van der Waals surface area contributed by atoms with Gasteiger partial charge in [-0.1, -0.05) is 39.1 Å². The molecule has 4 N–H and O–H groups in total. The minimum atomic E-state index is 0. The number of imidazole rings is 2. The van der Waals surface area contributed by atoms with E-state index in [0.29, 0.717) is 0 Å². The van der Waals surface area contributed by atoms with E-state index in [1.165, 1.54) is 22.8 Å². The van der Waals surface area contributed by atoms with Gasteiger partial charge < -0.3 is 39.5 Å². The fourth-order valence-electron chi connectivity index (χ4n) is 15.6. The highest BCUT2D eigenvalue weighted by atomic mass is 15.2. The Morgan fingerprint density at radius 1 is 0.227 bits per heavy atom. The molecule has 0 fully saturated rings. The molecule has 0 saturated heterocycles. The van der Waals surface area contributed by atoms with E-state index >= 15 is 0 Å². The Labute approximate surface area is 772 Å². The van der Waals surface area contributed by atoms with Crippen LogP contribution in [-0.2, 0) is 52.4 Å². The number of hydrogen-bond donors (Lipinski definition) is 4. The second-order valence-electron chi connectivity index (χ2n) is 32.0. The summed E-state index contributed by atoms with van der Waals surface area (Å²) >= 11 is 0. The molecule has 24 nitrogen and oxygen atoms in total. The highest BCUT2D eigenvalue weighted by Gasteiger charge is 2.18. The summed E-state index contributed by atoms with van der Waals surface area (Å²) in [5, 5.41) is 50.6. The molecule has 10 heterocycles. The van der Waals surface area contributed by atoms with Crippen molar-refractivity contribution in [1.29, 1.82) is 0 Å². The summed E-state index contributed by atoms with van der Waals surface area (Å²) in [6.07, 6.45) is 33.2. The molecule has 10 aromatic heterocycles. The van der Waals surface area contributed by atoms with Crippen molar-refractivity contribution in [2.45, 2.75) is 121 Å². The number of azo groups is 4. The Morgan fingerprint density at radius 2 is 0.470 bits per heavy atom. The van der Waals surface area contributed by atoms with Crippen LogP contribution in [0.5, 0.6) is 0 Å². The first-order chi connectivity index (χ1) is 64.0. The molecule has 0 aliphatic heterocycles. The number of nitrogens with zero attached hydrogens (tertiary/aromatic N) is 20. The van der Waals surface area contributed by atoms with Gasteiger partial charge in [0, 0.05) is 166 Å². The standard InChI is InChI=1S/C55H55N12.C51H47N12.2CH4/c1-42-13-14-43(2)66(42)52-29-25-48(26-30-52)56-46-17-21-50(22-18-46)58-60-54-11-5-7-35-64(54)37-9-33-62-39-40-63(41-62)34-10-38-65-36-8-6-12-55(65)61-59-51-23-19-47(20-24-51)57-49-27-31-53(32-28-49)67-44(3)15-16-45(67)4;1-3-35-62(50(11-1)56-54-46-17-13-42(14-18-46)52-44-21-25-48(26-22-44)60-31-5-6-32-60)37-9-29-58-39-40-59(41-58)30-10-38-63-36-4-2-12-51(63)57-55-47-19-15-43(16-20-47)53-45-23-27-49(28-24-45)61-33-7-8-34-61;;/h5-8,11-32,35-36,39-41H,9-10,33-34,37-38H2,1-4H3;1-8,11-28,31-36,39-41H,9-10,29-30,37-38H2;2*1H4/q2*+1;;/p+4. The van der Waals surface area contributed by atoms with Gasteiger partial charge in [-0.15, -0.1) is 0 Å². The Morgan fingerprint density at radius 3 is 0.735 bits per heavy atom. The summed E-state index contributed by atoms with van der Waals surface area (Å²) < 4.78 is 26.3. The van der Waals surface area contributed by atoms with Crippen LogP contribution < -0.4 is 48.7 Å². The Kier molecular flexibility index (Phi) is 30.6. The van der Waals surface area contributed by atoms with Gasteiger partial charge in [-0.3, -0.25) is 0 Å². The first-order valence-corrected chi connectivity index (χ1v) is 44.1. The first kappa shape index (κ1) is 90.3. The second-order valence-corrected chi connectivity index (χ2v) is 32.0. The van der Waals surface area contributed by atoms with Crippen molar-refractivity contribution in [2.24, 2.45) is 40.9 Å². The van der Waals surface area contributed by atoms with E-state index in [1.54, 1.807) is 0 Å². The summed E-state index contributed by atoms with van der Waals surface area (Å²) in [5.41, 5.74) is 20.7. The van der Waals surface area contributed by atoms with Crippen LogP contribution in [0, 0.1) is 27.7 Å². The summed E-state index contributed by atoms with van der Waals surface area (Å²) in [6.45, 7) is 15.4. The zero-order valence-corrected chi connectivity index (χ0v) is 73.5. The van der Waals surface area contributed by atoms with Crippen LogP contribution >= 0.6 is 0 Å². The van der Waals surface area contributed by atoms with Gasteiger partial charge in [-0.05, 0) is 315 Å². The molecule has 18 rings (SSSR count). The van der Waals surface area contributed by atoms with E-state index in [-0.39, 0.29) is 14.9 Å². The van der Waals surface area contributed by atoms with Crippen LogP contribution in [-0.4, -0.2) is 27.4 Å². The van der Waals surface area contributed by atoms with Gasteiger partial charge >= 0.3 is 23.3 Å².